The van der Waals surface area contributed by atoms with Crippen molar-refractivity contribution in [1.29, 1.82) is 0 Å². The average molecular weight is 501 g/mol. The molecule has 0 bridgehead atoms. The molecule has 1 amide bonds. The van der Waals surface area contributed by atoms with Crippen LogP contribution in [0.1, 0.15) is 57.1 Å². The molecular formula is C27H31F3N4O2. The molecule has 0 spiro atoms. The zero-order chi connectivity index (χ0) is 26.6. The van der Waals surface area contributed by atoms with Crippen molar-refractivity contribution in [2.45, 2.75) is 64.9 Å². The molecule has 2 heterocycles. The van der Waals surface area contributed by atoms with Crippen molar-refractivity contribution in [3.63, 3.8) is 0 Å². The Morgan fingerprint density at radius 3 is 2.50 bits per heavy atom. The lowest BCUT2D eigenvalue weighted by molar-refractivity contribution is -0.170. The largest absolute Gasteiger partial charge is 0.384 e. The highest BCUT2D eigenvalue weighted by atomic mass is 19.3. The molecule has 3 aromatic rings. The molecule has 0 unspecified atom stereocenters. The second-order valence-electron chi connectivity index (χ2n) is 10.3. The van der Waals surface area contributed by atoms with Gasteiger partial charge >= 0.3 is 5.92 Å². The van der Waals surface area contributed by atoms with Crippen molar-refractivity contribution in [3.8, 4) is 0 Å². The molecular weight excluding hydrogens is 469 g/mol. The number of carbonyl (C=O) groups is 1. The van der Waals surface area contributed by atoms with Gasteiger partial charge in [-0.1, -0.05) is 12.1 Å². The van der Waals surface area contributed by atoms with Crippen molar-refractivity contribution in [2.24, 2.45) is 0 Å². The van der Waals surface area contributed by atoms with E-state index in [1.54, 1.807) is 11.8 Å². The molecule has 0 saturated heterocycles. The third-order valence-corrected chi connectivity index (χ3v) is 6.86. The van der Waals surface area contributed by atoms with E-state index in [1.807, 2.05) is 32.9 Å². The third-order valence-electron chi connectivity index (χ3n) is 6.86. The Labute approximate surface area is 208 Å². The lowest BCUT2D eigenvalue weighted by Crippen LogP contribution is -2.41. The Balaban J connectivity index is 1.65. The number of hydrogen-bond donors (Lipinski definition) is 2. The zero-order valence-electron chi connectivity index (χ0n) is 21.3. The second kappa shape index (κ2) is 8.73. The predicted molar refractivity (Wildman–Crippen MR) is 134 cm³/mol. The number of aromatic nitrogens is 2. The quantitative estimate of drug-likeness (QED) is 0.464. The molecule has 1 aliphatic heterocycles. The summed E-state index contributed by atoms with van der Waals surface area (Å²) in [5, 5.41) is 13.8. The molecule has 1 aromatic heterocycles. The predicted octanol–water partition coefficient (Wildman–Crippen LogP) is 5.24. The summed E-state index contributed by atoms with van der Waals surface area (Å²) in [4.78, 5) is 23.7. The number of alkyl halides is 2. The van der Waals surface area contributed by atoms with Gasteiger partial charge < -0.3 is 15.3 Å². The van der Waals surface area contributed by atoms with Gasteiger partial charge in [-0.3, -0.25) is 4.79 Å². The van der Waals surface area contributed by atoms with E-state index in [0.717, 1.165) is 36.6 Å². The molecule has 0 aliphatic carbocycles. The number of aliphatic hydroxyl groups is 1. The molecule has 0 saturated carbocycles. The van der Waals surface area contributed by atoms with Crippen molar-refractivity contribution in [3.05, 3.63) is 58.7 Å². The van der Waals surface area contributed by atoms with Crippen LogP contribution >= 0.6 is 0 Å². The summed E-state index contributed by atoms with van der Waals surface area (Å²) in [6.07, 6.45) is 0.116. The molecule has 2 aromatic carbocycles. The number of likely N-dealkylation sites (N-methyl/N-ethyl adjacent to an activating group) is 1. The molecule has 192 valence electrons. The zero-order valence-corrected chi connectivity index (χ0v) is 21.3. The maximum atomic E-state index is 15.0. The van der Waals surface area contributed by atoms with Crippen LogP contribution in [0.25, 0.3) is 10.9 Å². The minimum absolute atomic E-state index is 0.0210. The van der Waals surface area contributed by atoms with Gasteiger partial charge in [0.05, 0.1) is 22.2 Å². The van der Waals surface area contributed by atoms with Crippen molar-refractivity contribution in [2.75, 3.05) is 23.3 Å². The van der Waals surface area contributed by atoms with Crippen LogP contribution in [0.5, 0.6) is 0 Å². The van der Waals surface area contributed by atoms with Crippen molar-refractivity contribution < 1.29 is 23.1 Å². The van der Waals surface area contributed by atoms with Gasteiger partial charge in [-0.2, -0.15) is 8.78 Å². The number of aryl methyl sites for hydroxylation is 1. The van der Waals surface area contributed by atoms with Crippen LogP contribution in [-0.2, 0) is 22.6 Å². The molecule has 0 fully saturated rings. The first-order valence-corrected chi connectivity index (χ1v) is 12.0. The van der Waals surface area contributed by atoms with Crippen LogP contribution in [0.4, 0.5) is 24.7 Å². The Bertz CT molecular complexity index is 1350. The maximum Gasteiger partial charge on any atom is 0.303 e. The summed E-state index contributed by atoms with van der Waals surface area (Å²) in [5.41, 5.74) is -1.46. The van der Waals surface area contributed by atoms with Gasteiger partial charge in [0.15, 0.2) is 0 Å². The van der Waals surface area contributed by atoms with Gasteiger partial charge in [-0.15, -0.1) is 0 Å². The molecule has 6 nitrogen and oxygen atoms in total. The molecule has 0 radical (unpaired) electrons. The molecule has 1 aliphatic rings. The number of fused-ring (bicyclic) bond motifs is 2. The number of nitrogens with one attached hydrogen (secondary N) is 1. The normalized spacial score (nSPS) is 15.5. The average Bonchev–Trinajstić information content (AvgIpc) is 2.97. The Morgan fingerprint density at radius 2 is 1.86 bits per heavy atom. The molecule has 9 heteroatoms. The van der Waals surface area contributed by atoms with Gasteiger partial charge in [0.1, 0.15) is 23.1 Å². The smallest absolute Gasteiger partial charge is 0.303 e. The number of benzene rings is 2. The summed E-state index contributed by atoms with van der Waals surface area (Å²) < 4.78 is 44.2. The summed E-state index contributed by atoms with van der Waals surface area (Å²) in [6, 6.07) is 7.62. The van der Waals surface area contributed by atoms with Crippen molar-refractivity contribution in [1.82, 2.24) is 9.97 Å². The maximum absolute atomic E-state index is 15.0. The van der Waals surface area contributed by atoms with Crippen LogP contribution < -0.4 is 10.2 Å². The van der Waals surface area contributed by atoms with E-state index < -0.39 is 28.3 Å². The number of nitrogens with zero attached hydrogens (tertiary/aromatic N) is 3. The van der Waals surface area contributed by atoms with E-state index >= 15 is 4.39 Å². The molecule has 4 rings (SSSR count). The number of anilines is 2. The van der Waals surface area contributed by atoms with Gasteiger partial charge in [0.25, 0.3) is 0 Å². The fraction of sp³-hybridized carbons (Fsp3) is 0.444. The first-order valence-electron chi connectivity index (χ1n) is 12.0. The Hall–Kier alpha value is -3.20. The van der Waals surface area contributed by atoms with Crippen LogP contribution in [0.2, 0.25) is 0 Å². The molecule has 36 heavy (non-hydrogen) atoms. The first-order chi connectivity index (χ1) is 16.7. The van der Waals surface area contributed by atoms with E-state index in [2.05, 4.69) is 15.3 Å². The lowest BCUT2D eigenvalue weighted by Gasteiger charge is -2.30. The number of halogens is 3. The third kappa shape index (κ3) is 4.09. The minimum atomic E-state index is -3.75. The van der Waals surface area contributed by atoms with Crippen LogP contribution in [-0.4, -0.2) is 39.7 Å². The minimum Gasteiger partial charge on any atom is -0.384 e. The second-order valence-corrected chi connectivity index (χ2v) is 10.3. The SMILES string of the molecule is CCN1C(=O)C(C)(C)c2cc3c(NCCc4cccc(C(F)(F)C(C)(C)O)c4F)nc(C)nc3cc21. The van der Waals surface area contributed by atoms with Crippen LogP contribution in [0, 0.1) is 12.7 Å². The Kier molecular flexibility index (Phi) is 6.27. The highest BCUT2D eigenvalue weighted by Crippen LogP contribution is 2.44. The van der Waals surface area contributed by atoms with Crippen molar-refractivity contribution >= 4 is 28.3 Å². The number of amides is 1. The topological polar surface area (TPSA) is 78.4 Å². The van der Waals surface area contributed by atoms with E-state index in [9.17, 15) is 18.7 Å². The fourth-order valence-electron chi connectivity index (χ4n) is 4.68. The van der Waals surface area contributed by atoms with E-state index in [0.29, 0.717) is 23.7 Å². The Morgan fingerprint density at radius 1 is 1.17 bits per heavy atom. The number of rotatable bonds is 7. The number of carbonyl (C=O) groups excluding carboxylic acids is 1. The standard InChI is InChI=1S/C27H31F3N4O2/c1-7-34-21-14-20-17(13-19(21)25(3,4)24(34)35)23(33-15(2)32-20)31-12-11-16-9-8-10-18(22(16)28)27(29,30)26(5,6)36/h8-10,13-14,36H,7,11-12H2,1-6H3,(H,31,32,33). The van der Waals surface area contributed by atoms with E-state index in [4.69, 9.17) is 0 Å². The highest BCUT2D eigenvalue weighted by Gasteiger charge is 2.49. The highest BCUT2D eigenvalue weighted by molar-refractivity contribution is 6.10. The van der Waals surface area contributed by atoms with Gasteiger partial charge in [0, 0.05) is 18.5 Å². The van der Waals surface area contributed by atoms with E-state index in [1.165, 1.54) is 12.1 Å². The van der Waals surface area contributed by atoms with Gasteiger partial charge in [0.2, 0.25) is 5.91 Å². The van der Waals surface area contributed by atoms with Crippen LogP contribution in [0.15, 0.2) is 30.3 Å². The number of hydrogen-bond acceptors (Lipinski definition) is 5. The molecule has 2 N–H and O–H groups in total. The van der Waals surface area contributed by atoms with Crippen LogP contribution in [0.3, 0.4) is 0 Å². The summed E-state index contributed by atoms with van der Waals surface area (Å²) in [6.45, 7) is 10.1. The first kappa shape index (κ1) is 25.9. The summed E-state index contributed by atoms with van der Waals surface area (Å²) >= 11 is 0. The fourth-order valence-corrected chi connectivity index (χ4v) is 4.68. The van der Waals surface area contributed by atoms with Gasteiger partial charge in [-0.05, 0) is 77.3 Å². The van der Waals surface area contributed by atoms with E-state index in [-0.39, 0.29) is 24.4 Å². The monoisotopic (exact) mass is 500 g/mol. The van der Waals surface area contributed by atoms with Gasteiger partial charge in [-0.25, -0.2) is 14.4 Å². The summed E-state index contributed by atoms with van der Waals surface area (Å²) in [7, 11) is 0. The summed E-state index contributed by atoms with van der Waals surface area (Å²) in [5.74, 6) is -3.72. The lowest BCUT2D eigenvalue weighted by atomic mass is 9.85. The molecule has 0 atom stereocenters.